The summed E-state index contributed by atoms with van der Waals surface area (Å²) < 4.78 is 0. The minimum Gasteiger partial charge on any atom is -1.00 e. The molecule has 6 heavy (non-hydrogen) atoms. The number of halogens is 4. The summed E-state index contributed by atoms with van der Waals surface area (Å²) in [7, 11) is 0. The molecule has 0 bridgehead atoms. The molecule has 0 unspecified atom stereocenters. The number of rotatable bonds is 0. The molecule has 0 aromatic heterocycles. The van der Waals surface area contributed by atoms with Gasteiger partial charge in [-0.15, -0.1) is 0 Å². The molecule has 0 saturated carbocycles. The summed E-state index contributed by atoms with van der Waals surface area (Å²) in [5, 5.41) is 0. The van der Waals surface area contributed by atoms with Gasteiger partial charge in [-0.25, -0.2) is 0 Å². The molecule has 0 N–H and O–H groups in total. The van der Waals surface area contributed by atoms with E-state index in [2.05, 4.69) is 0 Å². The fourth-order valence-electron chi connectivity index (χ4n) is 0. The predicted octanol–water partition coefficient (Wildman–Crippen LogP) is -15.0. The molecule has 6 heteroatoms. The first-order chi connectivity index (χ1) is 0. The van der Waals surface area contributed by atoms with Gasteiger partial charge in [-0.2, -0.15) is 0 Å². The van der Waals surface area contributed by atoms with Crippen LogP contribution in [0.4, 0.5) is 0 Å². The third-order valence-electron chi connectivity index (χ3n) is 0. The molecule has 0 aliphatic rings. The molecule has 0 spiro atoms. The second kappa shape index (κ2) is 55.0. The van der Waals surface area contributed by atoms with Gasteiger partial charge in [-0.1, -0.05) is 0 Å². The van der Waals surface area contributed by atoms with Crippen LogP contribution in [0, 0.1) is 0 Å². The minimum absolute atomic E-state index is 0. The predicted molar refractivity (Wildman–Crippen MR) is 0 cm³/mol. The third-order valence-corrected chi connectivity index (χ3v) is 0. The second-order valence-corrected chi connectivity index (χ2v) is 0. The van der Waals surface area contributed by atoms with Crippen LogP contribution in [-0.2, 0) is 17.4 Å². The first kappa shape index (κ1) is 84.0. The fourth-order valence-corrected chi connectivity index (χ4v) is 0. The monoisotopic (exact) mass is 199 g/mol. The summed E-state index contributed by atoms with van der Waals surface area (Å²) in [6, 6.07) is 0. The van der Waals surface area contributed by atoms with E-state index in [0.717, 1.165) is 0 Å². The maximum Gasteiger partial charge on any atom is 3.00 e. The van der Waals surface area contributed by atoms with Crippen molar-refractivity contribution in [1.82, 2.24) is 0 Å². The van der Waals surface area contributed by atoms with E-state index in [1.54, 1.807) is 0 Å². The van der Waals surface area contributed by atoms with Gasteiger partial charge in [0.05, 0.1) is 0 Å². The van der Waals surface area contributed by atoms with Crippen LogP contribution in [0.15, 0.2) is 0 Å². The Morgan fingerprint density at radius 1 is 0.500 bits per heavy atom. The van der Waals surface area contributed by atoms with Crippen molar-refractivity contribution in [1.29, 1.82) is 0 Å². The molecule has 0 aliphatic carbocycles. The summed E-state index contributed by atoms with van der Waals surface area (Å²) in [5.41, 5.74) is 0. The van der Waals surface area contributed by atoms with Crippen LogP contribution < -0.4 is 68.5 Å². The van der Waals surface area contributed by atoms with E-state index in [0.29, 0.717) is 0 Å². The van der Waals surface area contributed by atoms with Gasteiger partial charge in [0.15, 0.2) is 0 Å². The maximum absolute atomic E-state index is 0. The largest absolute Gasteiger partial charge is 3.00 e. The van der Waals surface area contributed by atoms with Crippen molar-refractivity contribution in [3.8, 4) is 0 Å². The van der Waals surface area contributed by atoms with Crippen LogP contribution in [0.3, 0.4) is 0 Å². The average Bonchev–Trinajstić information content (AvgIpc) is 0. The van der Waals surface area contributed by atoms with Crippen molar-refractivity contribution in [3.05, 3.63) is 0 Å². The van der Waals surface area contributed by atoms with Gasteiger partial charge in [-0.3, -0.25) is 0 Å². The number of hydrogen-bond acceptors (Lipinski definition) is 0. The van der Waals surface area contributed by atoms with Gasteiger partial charge in [0.25, 0.3) is 0 Å². The van der Waals surface area contributed by atoms with Crippen molar-refractivity contribution in [3.63, 3.8) is 0 Å². The molecule has 0 nitrogen and oxygen atoms in total. The van der Waals surface area contributed by atoms with E-state index in [1.165, 1.54) is 0 Å². The third kappa shape index (κ3) is 33.6. The zero-order valence-corrected chi connectivity index (χ0v) is 7.22. The van der Waals surface area contributed by atoms with Crippen molar-refractivity contribution in [2.75, 3.05) is 0 Å². The molecule has 35 valence electrons. The van der Waals surface area contributed by atoms with Gasteiger partial charge in [0.1, 0.15) is 0 Å². The summed E-state index contributed by atoms with van der Waals surface area (Å²) in [6.45, 7) is 0. The molecule has 0 amide bonds. The molecule has 1 radical (unpaired) electrons. The number of hydrogen-bond donors (Lipinski definition) is 0. The average molecular weight is 201 g/mol. The Balaban J connectivity index is 0. The Morgan fingerprint density at radius 2 is 0.500 bits per heavy atom. The molecule has 0 aromatic carbocycles. The molecule has 0 fully saturated rings. The van der Waals surface area contributed by atoms with Crippen molar-refractivity contribution in [2.24, 2.45) is 0 Å². The van der Waals surface area contributed by atoms with Crippen LogP contribution in [0.5, 0.6) is 0 Å². The Morgan fingerprint density at radius 3 is 0.500 bits per heavy atom. The SMILES string of the molecule is [Cl-].[Cl-].[Cl-].[Cl-].[Cr+3].[Li+]. The van der Waals surface area contributed by atoms with Crippen LogP contribution in [0.2, 0.25) is 0 Å². The van der Waals surface area contributed by atoms with Crippen LogP contribution in [-0.4, -0.2) is 0 Å². The van der Waals surface area contributed by atoms with Crippen LogP contribution >= 0.6 is 0 Å². The minimum atomic E-state index is 0. The zero-order chi connectivity index (χ0) is 0. The smallest absolute Gasteiger partial charge is 1.00 e. The molecule has 0 aliphatic heterocycles. The molecule has 0 saturated heterocycles. The van der Waals surface area contributed by atoms with Crippen molar-refractivity contribution >= 4 is 0 Å². The quantitative estimate of drug-likeness (QED) is 0.341. The molecule has 0 aromatic rings. The summed E-state index contributed by atoms with van der Waals surface area (Å²) >= 11 is 0. The summed E-state index contributed by atoms with van der Waals surface area (Å²) in [5.74, 6) is 0. The van der Waals surface area contributed by atoms with E-state index in [9.17, 15) is 0 Å². The van der Waals surface area contributed by atoms with E-state index < -0.39 is 0 Å². The van der Waals surface area contributed by atoms with E-state index in [4.69, 9.17) is 0 Å². The van der Waals surface area contributed by atoms with E-state index in [1.807, 2.05) is 0 Å². The molecular weight excluding hydrogens is 201 g/mol. The van der Waals surface area contributed by atoms with Crippen LogP contribution in [0.25, 0.3) is 0 Å². The molecule has 0 heterocycles. The van der Waals surface area contributed by atoms with Gasteiger partial charge in [0, 0.05) is 0 Å². The molecular formula is Cl4CrLi. The van der Waals surface area contributed by atoms with Gasteiger partial charge in [-0.05, 0) is 0 Å². The van der Waals surface area contributed by atoms with Gasteiger partial charge < -0.3 is 49.6 Å². The van der Waals surface area contributed by atoms with Gasteiger partial charge in [0.2, 0.25) is 0 Å². The molecule has 0 atom stereocenters. The Bertz CT molecular complexity index is 7.51. The Kier molecular flexibility index (Phi) is 770. The van der Waals surface area contributed by atoms with Crippen molar-refractivity contribution in [2.45, 2.75) is 0 Å². The second-order valence-electron chi connectivity index (χ2n) is 0. The van der Waals surface area contributed by atoms with E-state index in [-0.39, 0.29) is 85.8 Å². The Hall–Kier alpha value is 2.29. The topological polar surface area (TPSA) is 0 Å². The van der Waals surface area contributed by atoms with E-state index >= 15 is 0 Å². The first-order valence-corrected chi connectivity index (χ1v) is 0. The standard InChI is InChI=1S/4ClH.Cr.Li/h4*1H;;/q;;;;+3;+1/p-4. The van der Waals surface area contributed by atoms with Crippen molar-refractivity contribution < 1.29 is 85.8 Å². The fraction of sp³-hybridized carbons (Fsp3) is 0. The Labute approximate surface area is 85.2 Å². The maximum atomic E-state index is 0. The normalized spacial score (nSPS) is 0. The zero-order valence-electron chi connectivity index (χ0n) is 2.92. The van der Waals surface area contributed by atoms with Crippen LogP contribution in [0.1, 0.15) is 0 Å². The molecule has 0 rings (SSSR count). The van der Waals surface area contributed by atoms with Gasteiger partial charge >= 0.3 is 36.2 Å². The summed E-state index contributed by atoms with van der Waals surface area (Å²) in [4.78, 5) is 0. The first-order valence-electron chi connectivity index (χ1n) is 0. The summed E-state index contributed by atoms with van der Waals surface area (Å²) in [6.07, 6.45) is 0.